The summed E-state index contributed by atoms with van der Waals surface area (Å²) in [6, 6.07) is 12.0. The van der Waals surface area contributed by atoms with Crippen LogP contribution in [0.15, 0.2) is 60.7 Å². The Morgan fingerprint density at radius 2 is 1.96 bits per heavy atom. The molecule has 0 amide bonds. The molecule has 146 valence electrons. The lowest BCUT2D eigenvalue weighted by Gasteiger charge is -2.29. The second kappa shape index (κ2) is 8.15. The maximum atomic E-state index is 15.2. The highest BCUT2D eigenvalue weighted by Crippen LogP contribution is 2.33. The minimum atomic E-state index is 0.450. The summed E-state index contributed by atoms with van der Waals surface area (Å²) in [6.07, 6.45) is 7.22. The molecule has 2 aliphatic heterocycles. The van der Waals surface area contributed by atoms with E-state index in [1.165, 1.54) is 5.56 Å². The predicted molar refractivity (Wildman–Crippen MR) is 110 cm³/mol. The fourth-order valence-electron chi connectivity index (χ4n) is 3.65. The second-order valence-electron chi connectivity index (χ2n) is 7.68. The summed E-state index contributed by atoms with van der Waals surface area (Å²) >= 11 is 0. The lowest BCUT2D eigenvalue weighted by atomic mass is 9.98. The first-order chi connectivity index (χ1) is 13.6. The van der Waals surface area contributed by atoms with Gasteiger partial charge >= 0.3 is 0 Å². The Balaban J connectivity index is 1.61. The Morgan fingerprint density at radius 3 is 2.64 bits per heavy atom. The predicted octanol–water partition coefficient (Wildman–Crippen LogP) is 5.01. The monoisotopic (exact) mass is 379 g/mol. The molecule has 0 radical (unpaired) electrons. The zero-order valence-electron chi connectivity index (χ0n) is 16.4. The number of ether oxygens (including phenoxy) is 1. The first-order valence-corrected chi connectivity index (χ1v) is 9.79. The maximum Gasteiger partial charge on any atom is 0.0927 e. The molecule has 0 bridgehead atoms. The van der Waals surface area contributed by atoms with E-state index in [9.17, 15) is 0 Å². The van der Waals surface area contributed by atoms with Crippen molar-refractivity contribution in [3.63, 3.8) is 0 Å². The van der Waals surface area contributed by atoms with E-state index < -0.39 is 0 Å². The van der Waals surface area contributed by atoms with Crippen molar-refractivity contribution in [1.29, 1.82) is 0 Å². The first kappa shape index (κ1) is 18.7. The third kappa shape index (κ3) is 4.25. The van der Waals surface area contributed by atoms with Gasteiger partial charge in [-0.25, -0.2) is 0 Å². The zero-order chi connectivity index (χ0) is 19.5. The summed E-state index contributed by atoms with van der Waals surface area (Å²) in [5.74, 6) is 0.472. The summed E-state index contributed by atoms with van der Waals surface area (Å²) < 4.78 is 20.8. The molecule has 0 N–H and O–H groups in total. The van der Waals surface area contributed by atoms with Gasteiger partial charge < -0.3 is 9.64 Å². The number of rotatable bonds is 5. The highest BCUT2D eigenvalue weighted by Gasteiger charge is 2.23. The molecule has 1 unspecified atom stereocenters. The molecule has 2 aromatic rings. The molecule has 4 rings (SSSR count). The van der Waals surface area contributed by atoms with Gasteiger partial charge in [-0.3, -0.25) is 4.98 Å². The number of hydrogen-bond acceptors (Lipinski definition) is 4. The highest BCUT2D eigenvalue weighted by molar-refractivity contribution is 5.70. The van der Waals surface area contributed by atoms with Crippen molar-refractivity contribution in [1.82, 2.24) is 9.88 Å². The SMILES string of the molecule is Cc1ccc(C2=CN(CC3CCOC3)C=C(N(F)c3ccc(C)nc3)C2)cc1. The third-order valence-electron chi connectivity index (χ3n) is 5.30. The number of hydrogen-bond donors (Lipinski definition) is 0. The molecule has 1 aromatic heterocycles. The largest absolute Gasteiger partial charge is 0.381 e. The first-order valence-electron chi connectivity index (χ1n) is 9.79. The van der Waals surface area contributed by atoms with E-state index in [2.05, 4.69) is 47.3 Å². The summed E-state index contributed by atoms with van der Waals surface area (Å²) in [6.45, 7) is 6.39. The van der Waals surface area contributed by atoms with E-state index in [1.807, 2.05) is 19.2 Å². The summed E-state index contributed by atoms with van der Waals surface area (Å²) in [4.78, 5) is 6.34. The van der Waals surface area contributed by atoms with Crippen LogP contribution in [-0.2, 0) is 4.74 Å². The number of pyridine rings is 1. The van der Waals surface area contributed by atoms with Crippen molar-refractivity contribution in [2.45, 2.75) is 26.7 Å². The van der Waals surface area contributed by atoms with Gasteiger partial charge in [-0.05, 0) is 43.5 Å². The number of nitrogens with zero attached hydrogens (tertiary/aromatic N) is 3. The Labute approximate surface area is 165 Å². The molecule has 1 saturated heterocycles. The maximum absolute atomic E-state index is 15.2. The quantitative estimate of drug-likeness (QED) is 0.683. The van der Waals surface area contributed by atoms with Crippen molar-refractivity contribution in [3.05, 3.63) is 77.5 Å². The summed E-state index contributed by atoms with van der Waals surface area (Å²) in [5.41, 5.74) is 5.39. The Hall–Kier alpha value is -2.66. The average molecular weight is 379 g/mol. The van der Waals surface area contributed by atoms with E-state index in [-0.39, 0.29) is 0 Å². The lowest BCUT2D eigenvalue weighted by Crippen LogP contribution is -2.26. The van der Waals surface area contributed by atoms with Gasteiger partial charge in [-0.2, -0.15) is 5.12 Å². The van der Waals surface area contributed by atoms with Crippen LogP contribution < -0.4 is 5.12 Å². The standard InChI is InChI=1S/C23H26FN3O/c1-17-3-6-20(7-4-17)21-11-23(27(24)22-8-5-18(2)25-12-22)15-26(14-21)13-19-9-10-28-16-19/h3-8,12,14-15,19H,9-11,13,16H2,1-2H3. The van der Waals surface area contributed by atoms with E-state index >= 15 is 4.48 Å². The smallest absolute Gasteiger partial charge is 0.0927 e. The van der Waals surface area contributed by atoms with Gasteiger partial charge in [0.25, 0.3) is 0 Å². The number of allylic oxidation sites excluding steroid dienone is 1. The molecule has 3 heterocycles. The van der Waals surface area contributed by atoms with Crippen LogP contribution in [0, 0.1) is 19.8 Å². The minimum absolute atomic E-state index is 0.450. The third-order valence-corrected chi connectivity index (χ3v) is 5.30. The Morgan fingerprint density at radius 1 is 1.14 bits per heavy atom. The number of halogens is 1. The van der Waals surface area contributed by atoms with E-state index in [0.717, 1.165) is 48.1 Å². The van der Waals surface area contributed by atoms with Crippen molar-refractivity contribution < 1.29 is 9.22 Å². The van der Waals surface area contributed by atoms with Gasteiger partial charge in [-0.1, -0.05) is 34.3 Å². The molecule has 0 saturated carbocycles. The van der Waals surface area contributed by atoms with Gasteiger partial charge in [-0.15, -0.1) is 0 Å². The molecular weight excluding hydrogens is 353 g/mol. The van der Waals surface area contributed by atoms with Crippen LogP contribution in [0.5, 0.6) is 0 Å². The molecular formula is C23H26FN3O. The normalized spacial score (nSPS) is 19.4. The number of aryl methyl sites for hydroxylation is 2. The fraction of sp³-hybridized carbons (Fsp3) is 0.348. The lowest BCUT2D eigenvalue weighted by molar-refractivity contribution is 0.181. The topological polar surface area (TPSA) is 28.6 Å². The molecule has 4 nitrogen and oxygen atoms in total. The molecule has 0 spiro atoms. The molecule has 1 aromatic carbocycles. The highest BCUT2D eigenvalue weighted by atomic mass is 19.2. The van der Waals surface area contributed by atoms with Crippen molar-refractivity contribution in [3.8, 4) is 0 Å². The Bertz CT molecular complexity index is 868. The van der Waals surface area contributed by atoms with Crippen LogP contribution in [0.2, 0.25) is 0 Å². The molecule has 1 atom stereocenters. The van der Waals surface area contributed by atoms with E-state index in [0.29, 0.717) is 23.7 Å². The van der Waals surface area contributed by atoms with Gasteiger partial charge in [0.2, 0.25) is 0 Å². The fourth-order valence-corrected chi connectivity index (χ4v) is 3.65. The average Bonchev–Trinajstić information content (AvgIpc) is 3.21. The summed E-state index contributed by atoms with van der Waals surface area (Å²) in [5, 5.41) is 0.756. The van der Waals surface area contributed by atoms with Gasteiger partial charge in [0.15, 0.2) is 0 Å². The molecule has 5 heteroatoms. The minimum Gasteiger partial charge on any atom is -0.381 e. The molecule has 0 aliphatic carbocycles. The molecule has 2 aliphatic rings. The number of benzene rings is 1. The number of anilines is 1. The van der Waals surface area contributed by atoms with E-state index in [4.69, 9.17) is 4.74 Å². The Kier molecular flexibility index (Phi) is 5.44. The van der Waals surface area contributed by atoms with Crippen molar-refractivity contribution in [2.24, 2.45) is 5.92 Å². The van der Waals surface area contributed by atoms with Crippen LogP contribution in [0.3, 0.4) is 0 Å². The van der Waals surface area contributed by atoms with Crippen LogP contribution in [0.1, 0.15) is 29.7 Å². The van der Waals surface area contributed by atoms with Crippen molar-refractivity contribution >= 4 is 11.3 Å². The van der Waals surface area contributed by atoms with Gasteiger partial charge in [0.1, 0.15) is 0 Å². The van der Waals surface area contributed by atoms with Gasteiger partial charge in [0, 0.05) is 43.6 Å². The summed E-state index contributed by atoms with van der Waals surface area (Å²) in [7, 11) is 0. The van der Waals surface area contributed by atoms with E-state index in [1.54, 1.807) is 12.3 Å². The van der Waals surface area contributed by atoms with Crippen LogP contribution in [0.4, 0.5) is 10.2 Å². The van der Waals surface area contributed by atoms with Crippen molar-refractivity contribution in [2.75, 3.05) is 24.9 Å². The van der Waals surface area contributed by atoms with Gasteiger partial charge in [0.05, 0.1) is 24.2 Å². The van der Waals surface area contributed by atoms with Crippen LogP contribution in [-0.4, -0.2) is 29.6 Å². The number of aromatic nitrogens is 1. The molecule has 1 fully saturated rings. The molecule has 28 heavy (non-hydrogen) atoms. The van der Waals surface area contributed by atoms with Crippen LogP contribution >= 0.6 is 0 Å². The second-order valence-corrected chi connectivity index (χ2v) is 7.68. The zero-order valence-corrected chi connectivity index (χ0v) is 16.4. The van der Waals surface area contributed by atoms with Crippen LogP contribution in [0.25, 0.3) is 5.57 Å².